The number of aromatic nitrogens is 1. The smallest absolute Gasteiger partial charge is 0.253 e. The largest absolute Gasteiger partial charge is 0.360 e. The molecule has 3 aromatic rings. The summed E-state index contributed by atoms with van der Waals surface area (Å²) in [4.78, 5) is 15.3. The van der Waals surface area contributed by atoms with Crippen molar-refractivity contribution in [1.82, 2.24) is 10.3 Å². The van der Waals surface area contributed by atoms with Crippen LogP contribution >= 0.6 is 11.6 Å². The second-order valence-electron chi connectivity index (χ2n) is 5.02. The maximum absolute atomic E-state index is 12.8. The lowest BCUT2D eigenvalue weighted by Crippen LogP contribution is -2.25. The van der Waals surface area contributed by atoms with Crippen molar-refractivity contribution in [2.75, 3.05) is 6.54 Å². The number of nitrogens with one attached hydrogen (secondary N) is 2. The van der Waals surface area contributed by atoms with Crippen LogP contribution in [0, 0.1) is 5.82 Å². The first-order valence-electron chi connectivity index (χ1n) is 6.93. The number of benzene rings is 2. The van der Waals surface area contributed by atoms with Crippen LogP contribution in [-0.4, -0.2) is 17.4 Å². The fourth-order valence-corrected chi connectivity index (χ4v) is 2.53. The van der Waals surface area contributed by atoms with E-state index in [2.05, 4.69) is 10.3 Å². The summed E-state index contributed by atoms with van der Waals surface area (Å²) < 4.78 is 12.8. The summed E-state index contributed by atoms with van der Waals surface area (Å²) in [7, 11) is 0. The van der Waals surface area contributed by atoms with Crippen LogP contribution in [0.5, 0.6) is 0 Å². The molecule has 112 valence electrons. The first-order valence-corrected chi connectivity index (χ1v) is 7.30. The van der Waals surface area contributed by atoms with E-state index < -0.39 is 0 Å². The minimum atomic E-state index is -0.259. The molecule has 3 nitrogen and oxygen atoms in total. The summed E-state index contributed by atoms with van der Waals surface area (Å²) in [6.45, 7) is 0.491. The fraction of sp³-hybridized carbons (Fsp3) is 0.118. The van der Waals surface area contributed by atoms with Crippen LogP contribution in [0.2, 0.25) is 5.02 Å². The molecule has 0 unspecified atom stereocenters. The molecule has 0 atom stereocenters. The molecule has 1 aromatic heterocycles. The van der Waals surface area contributed by atoms with E-state index in [9.17, 15) is 9.18 Å². The molecule has 0 saturated carbocycles. The van der Waals surface area contributed by atoms with E-state index in [4.69, 9.17) is 11.6 Å². The van der Waals surface area contributed by atoms with Gasteiger partial charge in [-0.1, -0.05) is 29.8 Å². The molecule has 0 fully saturated rings. The summed E-state index contributed by atoms with van der Waals surface area (Å²) in [5.41, 5.74) is 2.40. The van der Waals surface area contributed by atoms with Crippen LogP contribution in [0.4, 0.5) is 4.39 Å². The topological polar surface area (TPSA) is 44.9 Å². The minimum absolute atomic E-state index is 0.143. The van der Waals surface area contributed by atoms with Crippen molar-refractivity contribution >= 4 is 28.4 Å². The summed E-state index contributed by atoms with van der Waals surface area (Å²) in [6.07, 6.45) is 2.33. The third kappa shape index (κ3) is 3.12. The Labute approximate surface area is 132 Å². The lowest BCUT2D eigenvalue weighted by Gasteiger charge is -2.05. The number of hydrogen-bond donors (Lipinski definition) is 2. The Morgan fingerprint density at radius 2 is 1.95 bits per heavy atom. The van der Waals surface area contributed by atoms with E-state index >= 15 is 0 Å². The van der Waals surface area contributed by atoms with Gasteiger partial charge < -0.3 is 10.3 Å². The third-order valence-corrected chi connectivity index (χ3v) is 3.74. The Balaban J connectivity index is 1.65. The van der Waals surface area contributed by atoms with Gasteiger partial charge in [-0.2, -0.15) is 0 Å². The Hall–Kier alpha value is -2.33. The first-order chi connectivity index (χ1) is 10.6. The van der Waals surface area contributed by atoms with E-state index in [1.807, 2.05) is 6.07 Å². The predicted molar refractivity (Wildman–Crippen MR) is 85.7 cm³/mol. The van der Waals surface area contributed by atoms with E-state index in [-0.39, 0.29) is 11.7 Å². The summed E-state index contributed by atoms with van der Waals surface area (Å²) in [6, 6.07) is 11.6. The Kier molecular flexibility index (Phi) is 4.11. The van der Waals surface area contributed by atoms with Gasteiger partial charge in [0.1, 0.15) is 5.82 Å². The summed E-state index contributed by atoms with van der Waals surface area (Å²) in [5, 5.41) is 4.33. The lowest BCUT2D eigenvalue weighted by atomic mass is 10.1. The summed E-state index contributed by atoms with van der Waals surface area (Å²) in [5.74, 6) is -0.402. The van der Waals surface area contributed by atoms with Crippen molar-refractivity contribution in [3.05, 3.63) is 70.6 Å². The molecule has 0 aliphatic carbocycles. The van der Waals surface area contributed by atoms with Crippen LogP contribution in [0.15, 0.2) is 48.7 Å². The SMILES string of the molecule is O=C(NCCc1ccc(F)cc1)c1c[nH]c2cc(Cl)ccc12. The van der Waals surface area contributed by atoms with E-state index in [1.165, 1.54) is 12.1 Å². The first kappa shape index (κ1) is 14.6. The standard InChI is InChI=1S/C17H14ClFN2O/c18-12-3-6-14-15(10-21-16(14)9-12)17(22)20-8-7-11-1-4-13(19)5-2-11/h1-6,9-10,21H,7-8H2,(H,20,22). The van der Waals surface area contributed by atoms with Gasteiger partial charge in [0.15, 0.2) is 0 Å². The molecule has 5 heteroatoms. The Morgan fingerprint density at radius 1 is 1.18 bits per heavy atom. The van der Waals surface area contributed by atoms with Crippen molar-refractivity contribution < 1.29 is 9.18 Å². The van der Waals surface area contributed by atoms with Gasteiger partial charge in [0.25, 0.3) is 5.91 Å². The Bertz CT molecular complexity index is 811. The molecule has 1 heterocycles. The zero-order valence-electron chi connectivity index (χ0n) is 11.7. The van der Waals surface area contributed by atoms with Gasteiger partial charge in [0.05, 0.1) is 5.56 Å². The molecule has 3 rings (SSSR count). The minimum Gasteiger partial charge on any atom is -0.360 e. The number of halogens is 2. The van der Waals surface area contributed by atoms with Crippen molar-refractivity contribution in [2.24, 2.45) is 0 Å². The third-order valence-electron chi connectivity index (χ3n) is 3.50. The highest BCUT2D eigenvalue weighted by Crippen LogP contribution is 2.21. The van der Waals surface area contributed by atoms with Crippen molar-refractivity contribution in [3.63, 3.8) is 0 Å². The van der Waals surface area contributed by atoms with Gasteiger partial charge in [-0.3, -0.25) is 4.79 Å². The summed E-state index contributed by atoms with van der Waals surface area (Å²) >= 11 is 5.92. The number of fused-ring (bicyclic) bond motifs is 1. The van der Waals surface area contributed by atoms with Crippen LogP contribution in [0.25, 0.3) is 10.9 Å². The zero-order chi connectivity index (χ0) is 15.5. The highest BCUT2D eigenvalue weighted by atomic mass is 35.5. The predicted octanol–water partition coefficient (Wildman–Crippen LogP) is 3.93. The highest BCUT2D eigenvalue weighted by Gasteiger charge is 2.11. The molecular formula is C17H14ClFN2O. The number of H-pyrrole nitrogens is 1. The average molecular weight is 317 g/mol. The molecule has 1 amide bonds. The maximum atomic E-state index is 12.8. The molecule has 2 N–H and O–H groups in total. The van der Waals surface area contributed by atoms with Crippen molar-refractivity contribution in [3.8, 4) is 0 Å². The molecule has 0 bridgehead atoms. The highest BCUT2D eigenvalue weighted by molar-refractivity contribution is 6.31. The van der Waals surface area contributed by atoms with E-state index in [0.717, 1.165) is 16.5 Å². The zero-order valence-corrected chi connectivity index (χ0v) is 12.5. The van der Waals surface area contributed by atoms with Crippen molar-refractivity contribution in [1.29, 1.82) is 0 Å². The number of aromatic amines is 1. The molecular weight excluding hydrogens is 303 g/mol. The van der Waals surface area contributed by atoms with Crippen molar-refractivity contribution in [2.45, 2.75) is 6.42 Å². The second kappa shape index (κ2) is 6.20. The van der Waals surface area contributed by atoms with Gasteiger partial charge in [-0.05, 0) is 36.2 Å². The fourth-order valence-electron chi connectivity index (χ4n) is 2.35. The molecule has 0 saturated heterocycles. The number of carbonyl (C=O) groups excluding carboxylic acids is 1. The van der Waals surface area contributed by atoms with Crippen LogP contribution in [0.1, 0.15) is 15.9 Å². The van der Waals surface area contributed by atoms with Crippen LogP contribution in [-0.2, 0) is 6.42 Å². The van der Waals surface area contributed by atoms with Crippen LogP contribution < -0.4 is 5.32 Å². The molecule has 2 aromatic carbocycles. The quantitative estimate of drug-likeness (QED) is 0.752. The molecule has 0 aliphatic rings. The monoisotopic (exact) mass is 316 g/mol. The number of amides is 1. The number of hydrogen-bond acceptors (Lipinski definition) is 1. The molecule has 0 spiro atoms. The average Bonchev–Trinajstić information content (AvgIpc) is 2.92. The van der Waals surface area contributed by atoms with E-state index in [1.54, 1.807) is 30.5 Å². The van der Waals surface area contributed by atoms with Gasteiger partial charge in [-0.15, -0.1) is 0 Å². The lowest BCUT2D eigenvalue weighted by molar-refractivity contribution is 0.0956. The van der Waals surface area contributed by atoms with Gasteiger partial charge in [0, 0.05) is 28.7 Å². The number of rotatable bonds is 4. The normalized spacial score (nSPS) is 10.8. The number of carbonyl (C=O) groups is 1. The molecule has 0 aliphatic heterocycles. The van der Waals surface area contributed by atoms with Crippen LogP contribution in [0.3, 0.4) is 0 Å². The van der Waals surface area contributed by atoms with E-state index in [0.29, 0.717) is 23.6 Å². The maximum Gasteiger partial charge on any atom is 0.253 e. The second-order valence-corrected chi connectivity index (χ2v) is 5.46. The Morgan fingerprint density at radius 3 is 2.73 bits per heavy atom. The molecule has 22 heavy (non-hydrogen) atoms. The van der Waals surface area contributed by atoms with Gasteiger partial charge in [0.2, 0.25) is 0 Å². The molecule has 0 radical (unpaired) electrons. The van der Waals surface area contributed by atoms with Gasteiger partial charge in [-0.25, -0.2) is 4.39 Å². The van der Waals surface area contributed by atoms with Gasteiger partial charge >= 0.3 is 0 Å².